The Morgan fingerprint density at radius 3 is 3.10 bits per heavy atom. The van der Waals surface area contributed by atoms with Crippen LogP contribution in [0, 0.1) is 0 Å². The molecular formula is C5H6N2O2S. The van der Waals surface area contributed by atoms with Crippen LogP contribution in [-0.2, 0) is 9.53 Å². The van der Waals surface area contributed by atoms with Crippen LogP contribution in [0.5, 0.6) is 0 Å². The van der Waals surface area contributed by atoms with E-state index in [1.165, 1.54) is 18.6 Å². The Kier molecular flexibility index (Phi) is 2.47. The van der Waals surface area contributed by atoms with Crippen LogP contribution in [-0.4, -0.2) is 23.0 Å². The van der Waals surface area contributed by atoms with Crippen molar-refractivity contribution in [2.45, 2.75) is 6.10 Å². The molecule has 10 heavy (non-hydrogen) atoms. The van der Waals surface area contributed by atoms with E-state index in [9.17, 15) is 4.79 Å². The third kappa shape index (κ3) is 1.37. The summed E-state index contributed by atoms with van der Waals surface area (Å²) in [6, 6.07) is 0. The summed E-state index contributed by atoms with van der Waals surface area (Å²) in [4.78, 5) is 10.2. The van der Waals surface area contributed by atoms with Crippen LogP contribution in [0.1, 0.15) is 11.8 Å². The highest BCUT2D eigenvalue weighted by atomic mass is 32.1. The number of ether oxygens (including phenoxy) is 1. The molecule has 4 nitrogen and oxygen atoms in total. The summed E-state index contributed by atoms with van der Waals surface area (Å²) in [6.07, 6.45) is 0.134. The summed E-state index contributed by atoms with van der Waals surface area (Å²) in [6.45, 7) is 0. The van der Waals surface area contributed by atoms with Gasteiger partial charge in [0.25, 0.3) is 0 Å². The Morgan fingerprint density at radius 2 is 2.70 bits per heavy atom. The first-order valence-electron chi connectivity index (χ1n) is 2.63. The predicted molar refractivity (Wildman–Crippen MR) is 35.7 cm³/mol. The van der Waals surface area contributed by atoms with Crippen molar-refractivity contribution in [1.29, 1.82) is 0 Å². The number of carbonyl (C=O) groups excluding carboxylic acids is 1. The zero-order valence-corrected chi connectivity index (χ0v) is 6.17. The van der Waals surface area contributed by atoms with Crippen molar-refractivity contribution in [2.24, 2.45) is 0 Å². The molecule has 0 saturated carbocycles. The van der Waals surface area contributed by atoms with E-state index in [-0.39, 0.29) is 0 Å². The van der Waals surface area contributed by atoms with Gasteiger partial charge in [-0.2, -0.15) is 0 Å². The molecule has 0 aromatic carbocycles. The molecule has 0 aliphatic rings. The second kappa shape index (κ2) is 3.38. The molecule has 1 rings (SSSR count). The fourth-order valence-electron chi connectivity index (χ4n) is 0.542. The number of methoxy groups -OCH3 is 1. The average Bonchev–Trinajstić information content (AvgIpc) is 2.43. The van der Waals surface area contributed by atoms with Gasteiger partial charge >= 0.3 is 0 Å². The van der Waals surface area contributed by atoms with Crippen LogP contribution >= 0.6 is 11.5 Å². The first kappa shape index (κ1) is 7.30. The molecule has 5 heteroatoms. The maximum Gasteiger partial charge on any atom is 0.157 e. The van der Waals surface area contributed by atoms with E-state index >= 15 is 0 Å². The third-order valence-electron chi connectivity index (χ3n) is 1.05. The normalized spacial score (nSPS) is 12.9. The number of aromatic nitrogens is 2. The number of nitrogens with zero attached hydrogens (tertiary/aromatic N) is 2. The molecular weight excluding hydrogens is 152 g/mol. The van der Waals surface area contributed by atoms with Gasteiger partial charge in [0.15, 0.2) is 12.4 Å². The fourth-order valence-corrected chi connectivity index (χ4v) is 1.02. The Morgan fingerprint density at radius 1 is 1.90 bits per heavy atom. The Hall–Kier alpha value is -0.810. The van der Waals surface area contributed by atoms with Gasteiger partial charge in [0.1, 0.15) is 5.69 Å². The van der Waals surface area contributed by atoms with Crippen molar-refractivity contribution >= 4 is 17.8 Å². The van der Waals surface area contributed by atoms with E-state index in [4.69, 9.17) is 4.74 Å². The SMILES string of the molecule is COC(C=O)c1csnn1. The maximum absolute atomic E-state index is 10.2. The van der Waals surface area contributed by atoms with Crippen molar-refractivity contribution < 1.29 is 9.53 Å². The molecule has 0 fully saturated rings. The smallest absolute Gasteiger partial charge is 0.157 e. The molecule has 1 aromatic heterocycles. The molecule has 1 heterocycles. The molecule has 0 radical (unpaired) electrons. The van der Waals surface area contributed by atoms with Gasteiger partial charge in [-0.3, -0.25) is 4.79 Å². The van der Waals surface area contributed by atoms with Crippen LogP contribution < -0.4 is 0 Å². The highest BCUT2D eigenvalue weighted by Crippen LogP contribution is 2.10. The summed E-state index contributed by atoms with van der Waals surface area (Å²) in [5.74, 6) is 0. The van der Waals surface area contributed by atoms with Gasteiger partial charge < -0.3 is 4.74 Å². The van der Waals surface area contributed by atoms with Crippen molar-refractivity contribution in [1.82, 2.24) is 9.59 Å². The van der Waals surface area contributed by atoms with Crippen molar-refractivity contribution in [3.05, 3.63) is 11.1 Å². The van der Waals surface area contributed by atoms with Crippen molar-refractivity contribution in [3.63, 3.8) is 0 Å². The summed E-state index contributed by atoms with van der Waals surface area (Å²) < 4.78 is 8.37. The number of aldehydes is 1. The fraction of sp³-hybridized carbons (Fsp3) is 0.400. The van der Waals surface area contributed by atoms with Crippen LogP contribution in [0.2, 0.25) is 0 Å². The van der Waals surface area contributed by atoms with Gasteiger partial charge in [0.2, 0.25) is 0 Å². The van der Waals surface area contributed by atoms with E-state index in [0.717, 1.165) is 0 Å². The second-order valence-electron chi connectivity index (χ2n) is 1.62. The van der Waals surface area contributed by atoms with Crippen LogP contribution in [0.4, 0.5) is 0 Å². The Bertz CT molecular complexity index is 199. The quantitative estimate of drug-likeness (QED) is 0.598. The summed E-state index contributed by atoms with van der Waals surface area (Å²) in [5.41, 5.74) is 0.572. The zero-order chi connectivity index (χ0) is 7.40. The topological polar surface area (TPSA) is 52.1 Å². The van der Waals surface area contributed by atoms with E-state index in [1.54, 1.807) is 5.38 Å². The molecule has 0 saturated heterocycles. The average molecular weight is 158 g/mol. The number of hydrogen-bond donors (Lipinski definition) is 0. The van der Waals surface area contributed by atoms with Crippen LogP contribution in [0.15, 0.2) is 5.38 Å². The van der Waals surface area contributed by atoms with Gasteiger partial charge in [-0.15, -0.1) is 5.10 Å². The lowest BCUT2D eigenvalue weighted by molar-refractivity contribution is -0.116. The lowest BCUT2D eigenvalue weighted by Gasteiger charge is -2.00. The van der Waals surface area contributed by atoms with E-state index in [1.807, 2.05) is 0 Å². The number of carbonyl (C=O) groups is 1. The standard InChI is InChI=1S/C5H6N2O2S/c1-9-5(2-8)4-3-10-7-6-4/h2-3,5H,1H3. The molecule has 1 aromatic rings. The van der Waals surface area contributed by atoms with Gasteiger partial charge in [-0.1, -0.05) is 4.49 Å². The van der Waals surface area contributed by atoms with Gasteiger partial charge in [0.05, 0.1) is 0 Å². The van der Waals surface area contributed by atoms with Crippen molar-refractivity contribution in [3.8, 4) is 0 Å². The number of rotatable bonds is 3. The second-order valence-corrected chi connectivity index (χ2v) is 2.23. The molecule has 54 valence electrons. The lowest BCUT2D eigenvalue weighted by atomic mass is 10.3. The predicted octanol–water partition coefficient (Wildman–Crippen LogP) is 0.425. The first-order chi connectivity index (χ1) is 4.88. The molecule has 1 unspecified atom stereocenters. The molecule has 0 spiro atoms. The Labute approximate surface area is 62.0 Å². The summed E-state index contributed by atoms with van der Waals surface area (Å²) in [5, 5.41) is 5.35. The Balaban J connectivity index is 2.73. The van der Waals surface area contributed by atoms with E-state index in [2.05, 4.69) is 9.59 Å². The molecule has 1 atom stereocenters. The highest BCUT2D eigenvalue weighted by molar-refractivity contribution is 7.03. The third-order valence-corrected chi connectivity index (χ3v) is 1.57. The largest absolute Gasteiger partial charge is 0.367 e. The lowest BCUT2D eigenvalue weighted by Crippen LogP contribution is -2.02. The molecule has 0 N–H and O–H groups in total. The minimum Gasteiger partial charge on any atom is -0.367 e. The molecule has 0 aliphatic heterocycles. The highest BCUT2D eigenvalue weighted by Gasteiger charge is 2.10. The van der Waals surface area contributed by atoms with Crippen LogP contribution in [0.3, 0.4) is 0 Å². The van der Waals surface area contributed by atoms with Crippen LogP contribution in [0.25, 0.3) is 0 Å². The summed E-state index contributed by atoms with van der Waals surface area (Å²) in [7, 11) is 1.46. The first-order valence-corrected chi connectivity index (χ1v) is 3.47. The minimum absolute atomic E-state index is 0.557. The maximum atomic E-state index is 10.2. The minimum atomic E-state index is -0.557. The van der Waals surface area contributed by atoms with Gasteiger partial charge in [0, 0.05) is 12.5 Å². The zero-order valence-electron chi connectivity index (χ0n) is 5.35. The van der Waals surface area contributed by atoms with E-state index < -0.39 is 6.10 Å². The molecule has 0 bridgehead atoms. The number of hydrogen-bond acceptors (Lipinski definition) is 5. The van der Waals surface area contributed by atoms with E-state index in [0.29, 0.717) is 12.0 Å². The monoisotopic (exact) mass is 158 g/mol. The van der Waals surface area contributed by atoms with Gasteiger partial charge in [-0.05, 0) is 11.5 Å². The summed E-state index contributed by atoms with van der Waals surface area (Å²) >= 11 is 1.20. The van der Waals surface area contributed by atoms with Gasteiger partial charge in [-0.25, -0.2) is 0 Å². The molecule has 0 aliphatic carbocycles. The molecule has 0 amide bonds. The van der Waals surface area contributed by atoms with Crippen molar-refractivity contribution in [2.75, 3.05) is 7.11 Å².